The van der Waals surface area contributed by atoms with E-state index in [-0.39, 0.29) is 5.82 Å². The Bertz CT molecular complexity index is 920. The van der Waals surface area contributed by atoms with Crippen LogP contribution in [0.3, 0.4) is 0 Å². The van der Waals surface area contributed by atoms with Crippen LogP contribution in [0.1, 0.15) is 5.56 Å². The molecule has 0 bridgehead atoms. The highest BCUT2D eigenvalue weighted by atomic mass is 19.1. The molecule has 0 atom stereocenters. The molecule has 0 heterocycles. The van der Waals surface area contributed by atoms with E-state index in [9.17, 15) is 9.18 Å². The fraction of sp³-hybridized carbons (Fsp3) is 0.174. The standard InChI is InChI=1S/C23H22FNO3/c1-25(21-15-13-20(24)14-16-21)22(26)23(27-2,28-3)19-11-9-18(10-12-19)17-7-5-4-6-8-17/h4-16H,1-3H3. The first-order valence-corrected chi connectivity index (χ1v) is 8.82. The average Bonchev–Trinajstić information content (AvgIpc) is 2.76. The second kappa shape index (κ2) is 8.33. The highest BCUT2D eigenvalue weighted by Crippen LogP contribution is 2.32. The molecule has 3 aromatic rings. The van der Waals surface area contributed by atoms with Crippen LogP contribution in [-0.2, 0) is 20.1 Å². The second-order valence-corrected chi connectivity index (χ2v) is 6.31. The number of ether oxygens (including phenoxy) is 2. The number of amides is 1. The van der Waals surface area contributed by atoms with Crippen molar-refractivity contribution in [2.75, 3.05) is 26.2 Å². The van der Waals surface area contributed by atoms with Gasteiger partial charge in [0.25, 0.3) is 11.7 Å². The molecule has 28 heavy (non-hydrogen) atoms. The smallest absolute Gasteiger partial charge is 0.292 e. The molecule has 5 heteroatoms. The first-order valence-electron chi connectivity index (χ1n) is 8.82. The number of halogens is 1. The summed E-state index contributed by atoms with van der Waals surface area (Å²) in [5, 5.41) is 0. The molecule has 0 aromatic heterocycles. The molecule has 0 spiro atoms. The van der Waals surface area contributed by atoms with Crippen LogP contribution < -0.4 is 4.90 Å². The van der Waals surface area contributed by atoms with Crippen molar-refractivity contribution >= 4 is 11.6 Å². The van der Waals surface area contributed by atoms with Gasteiger partial charge >= 0.3 is 0 Å². The lowest BCUT2D eigenvalue weighted by Crippen LogP contribution is -2.48. The Kier molecular flexibility index (Phi) is 5.87. The van der Waals surface area contributed by atoms with Crippen LogP contribution in [0.25, 0.3) is 11.1 Å². The van der Waals surface area contributed by atoms with E-state index in [0.29, 0.717) is 11.3 Å². The molecule has 0 saturated carbocycles. The zero-order chi connectivity index (χ0) is 20.1. The minimum Gasteiger partial charge on any atom is -0.342 e. The number of rotatable bonds is 6. The maximum absolute atomic E-state index is 13.3. The molecule has 3 aromatic carbocycles. The summed E-state index contributed by atoms with van der Waals surface area (Å²) >= 11 is 0. The summed E-state index contributed by atoms with van der Waals surface area (Å²) in [6.07, 6.45) is 0. The highest BCUT2D eigenvalue weighted by molar-refractivity contribution is 5.98. The predicted molar refractivity (Wildman–Crippen MR) is 107 cm³/mol. The van der Waals surface area contributed by atoms with Crippen LogP contribution in [0.4, 0.5) is 10.1 Å². The number of likely N-dealkylation sites (N-methyl/N-ethyl adjacent to an activating group) is 1. The molecule has 4 nitrogen and oxygen atoms in total. The van der Waals surface area contributed by atoms with E-state index < -0.39 is 11.7 Å². The van der Waals surface area contributed by atoms with Crippen LogP contribution in [0.2, 0.25) is 0 Å². The molecule has 0 aliphatic carbocycles. The summed E-state index contributed by atoms with van der Waals surface area (Å²) in [6.45, 7) is 0. The molecule has 0 N–H and O–H groups in total. The van der Waals surface area contributed by atoms with Gasteiger partial charge in [0.1, 0.15) is 5.82 Å². The van der Waals surface area contributed by atoms with Gasteiger partial charge < -0.3 is 14.4 Å². The van der Waals surface area contributed by atoms with Gasteiger partial charge in [-0.3, -0.25) is 4.79 Å². The van der Waals surface area contributed by atoms with E-state index >= 15 is 0 Å². The largest absolute Gasteiger partial charge is 0.342 e. The Morgan fingerprint density at radius 3 is 1.89 bits per heavy atom. The zero-order valence-corrected chi connectivity index (χ0v) is 16.1. The van der Waals surface area contributed by atoms with E-state index in [0.717, 1.165) is 11.1 Å². The molecular formula is C23H22FNO3. The third-order valence-electron chi connectivity index (χ3n) is 4.75. The number of methoxy groups -OCH3 is 2. The van der Waals surface area contributed by atoms with E-state index in [2.05, 4.69) is 0 Å². The minimum atomic E-state index is -1.61. The van der Waals surface area contributed by atoms with Gasteiger partial charge in [-0.15, -0.1) is 0 Å². The first kappa shape index (κ1) is 19.7. The average molecular weight is 379 g/mol. The topological polar surface area (TPSA) is 38.8 Å². The Morgan fingerprint density at radius 2 is 1.36 bits per heavy atom. The van der Waals surface area contributed by atoms with Crippen LogP contribution in [0.15, 0.2) is 78.9 Å². The van der Waals surface area contributed by atoms with Gasteiger partial charge in [0.05, 0.1) is 0 Å². The van der Waals surface area contributed by atoms with E-state index in [1.54, 1.807) is 7.05 Å². The highest BCUT2D eigenvalue weighted by Gasteiger charge is 2.43. The number of anilines is 1. The van der Waals surface area contributed by atoms with E-state index in [4.69, 9.17) is 9.47 Å². The van der Waals surface area contributed by atoms with Gasteiger partial charge in [0.15, 0.2) is 0 Å². The first-order chi connectivity index (χ1) is 13.5. The van der Waals surface area contributed by atoms with Crippen LogP contribution in [0, 0.1) is 5.82 Å². The molecule has 3 rings (SSSR count). The van der Waals surface area contributed by atoms with Crippen LogP contribution in [-0.4, -0.2) is 27.2 Å². The van der Waals surface area contributed by atoms with Gasteiger partial charge in [0.2, 0.25) is 0 Å². The van der Waals surface area contributed by atoms with Crippen molar-refractivity contribution in [2.45, 2.75) is 5.79 Å². The van der Waals surface area contributed by atoms with Crippen LogP contribution >= 0.6 is 0 Å². The molecule has 144 valence electrons. The van der Waals surface area contributed by atoms with Crippen molar-refractivity contribution in [3.8, 4) is 11.1 Å². The molecule has 0 saturated heterocycles. The molecule has 0 unspecified atom stereocenters. The zero-order valence-electron chi connectivity index (χ0n) is 16.1. The monoisotopic (exact) mass is 379 g/mol. The predicted octanol–water partition coefficient (Wildman–Crippen LogP) is 4.60. The van der Waals surface area contributed by atoms with Crippen molar-refractivity contribution in [1.82, 2.24) is 0 Å². The summed E-state index contributed by atoms with van der Waals surface area (Å²) in [7, 11) is 4.44. The van der Waals surface area contributed by atoms with Gasteiger partial charge in [0, 0.05) is 32.5 Å². The normalized spacial score (nSPS) is 11.3. The van der Waals surface area contributed by atoms with Gasteiger partial charge in [-0.25, -0.2) is 4.39 Å². The maximum Gasteiger partial charge on any atom is 0.292 e. The van der Waals surface area contributed by atoms with Crippen molar-refractivity contribution in [1.29, 1.82) is 0 Å². The minimum absolute atomic E-state index is 0.370. The number of benzene rings is 3. The lowest BCUT2D eigenvalue weighted by atomic mass is 9.99. The third-order valence-corrected chi connectivity index (χ3v) is 4.75. The fourth-order valence-corrected chi connectivity index (χ4v) is 3.13. The van der Waals surface area contributed by atoms with Crippen molar-refractivity contribution in [3.05, 3.63) is 90.2 Å². The maximum atomic E-state index is 13.3. The second-order valence-electron chi connectivity index (χ2n) is 6.31. The number of hydrogen-bond donors (Lipinski definition) is 0. The van der Waals surface area contributed by atoms with Crippen molar-refractivity contribution in [2.24, 2.45) is 0 Å². The molecule has 0 aliphatic rings. The summed E-state index contributed by atoms with van der Waals surface area (Å²) in [5.41, 5.74) is 3.19. The number of hydrogen-bond acceptors (Lipinski definition) is 3. The Balaban J connectivity index is 1.94. The Morgan fingerprint density at radius 1 is 0.821 bits per heavy atom. The molecular weight excluding hydrogens is 357 g/mol. The summed E-state index contributed by atoms with van der Waals surface area (Å²) in [4.78, 5) is 14.6. The number of nitrogens with zero attached hydrogens (tertiary/aromatic N) is 1. The van der Waals surface area contributed by atoms with Crippen molar-refractivity contribution < 1.29 is 18.7 Å². The molecule has 0 fully saturated rings. The molecule has 0 aliphatic heterocycles. The van der Waals surface area contributed by atoms with Crippen molar-refractivity contribution in [3.63, 3.8) is 0 Å². The third kappa shape index (κ3) is 3.67. The summed E-state index contributed by atoms with van der Waals surface area (Å²) < 4.78 is 24.3. The van der Waals surface area contributed by atoms with Crippen LogP contribution in [0.5, 0.6) is 0 Å². The van der Waals surface area contributed by atoms with E-state index in [1.807, 2.05) is 54.6 Å². The Labute approximate surface area is 164 Å². The number of carbonyl (C=O) groups is 1. The lowest BCUT2D eigenvalue weighted by Gasteiger charge is -2.33. The molecule has 1 amide bonds. The summed E-state index contributed by atoms with van der Waals surface area (Å²) in [5.74, 6) is -2.40. The summed E-state index contributed by atoms with van der Waals surface area (Å²) in [6, 6.07) is 23.1. The van der Waals surface area contributed by atoms with Gasteiger partial charge in [-0.2, -0.15) is 0 Å². The molecule has 0 radical (unpaired) electrons. The van der Waals surface area contributed by atoms with Gasteiger partial charge in [-0.1, -0.05) is 54.6 Å². The quantitative estimate of drug-likeness (QED) is 0.588. The van der Waals surface area contributed by atoms with Gasteiger partial charge in [-0.05, 0) is 35.4 Å². The SMILES string of the molecule is COC(OC)(C(=O)N(C)c1ccc(F)cc1)c1ccc(-c2ccccc2)cc1. The lowest BCUT2D eigenvalue weighted by molar-refractivity contribution is -0.212. The van der Waals surface area contributed by atoms with E-state index in [1.165, 1.54) is 43.4 Å². The Hall–Kier alpha value is -3.02. The number of carbonyl (C=O) groups excluding carboxylic acids is 1. The fourth-order valence-electron chi connectivity index (χ4n) is 3.13.